The summed E-state index contributed by atoms with van der Waals surface area (Å²) in [5, 5.41) is 2.37. The van der Waals surface area contributed by atoms with Crippen LogP contribution in [-0.4, -0.2) is 25.0 Å². The van der Waals surface area contributed by atoms with E-state index in [2.05, 4.69) is 10.1 Å². The van der Waals surface area contributed by atoms with Crippen LogP contribution in [0.25, 0.3) is 0 Å². The predicted molar refractivity (Wildman–Crippen MR) is 87.9 cm³/mol. The topological polar surface area (TPSA) is 81.7 Å². The molecule has 0 heterocycles. The number of para-hydroxylation sites is 1. The second kappa shape index (κ2) is 8.05. The SMILES string of the molecule is COC(=O)C(C(C)=O)c1ccc(NC(=O)Oc2ccccc2)cc1F. The lowest BCUT2D eigenvalue weighted by molar-refractivity contribution is -0.145. The van der Waals surface area contributed by atoms with Gasteiger partial charge < -0.3 is 9.47 Å². The standard InChI is InChI=1S/C18H16FNO5/c1-11(21)16(17(22)24-2)14-9-8-12(10-15(14)19)20-18(23)25-13-6-4-3-5-7-13/h3-10,16H,1-2H3,(H,20,23). The Balaban J connectivity index is 2.14. The number of Topliss-reactive ketones (excluding diaryl/α,β-unsaturated/α-hetero) is 1. The van der Waals surface area contributed by atoms with Crippen molar-refractivity contribution in [3.8, 4) is 5.75 Å². The van der Waals surface area contributed by atoms with Crippen molar-refractivity contribution in [2.75, 3.05) is 12.4 Å². The molecule has 0 spiro atoms. The molecule has 7 heteroatoms. The summed E-state index contributed by atoms with van der Waals surface area (Å²) in [4.78, 5) is 35.1. The average Bonchev–Trinajstić information content (AvgIpc) is 2.57. The average molecular weight is 345 g/mol. The molecule has 0 fully saturated rings. The number of rotatable bonds is 5. The Morgan fingerprint density at radius 3 is 2.32 bits per heavy atom. The van der Waals surface area contributed by atoms with E-state index in [1.807, 2.05) is 0 Å². The molecule has 1 atom stereocenters. The highest BCUT2D eigenvalue weighted by Crippen LogP contribution is 2.24. The number of hydrogen-bond acceptors (Lipinski definition) is 5. The smallest absolute Gasteiger partial charge is 0.417 e. The monoisotopic (exact) mass is 345 g/mol. The lowest BCUT2D eigenvalue weighted by Gasteiger charge is -2.14. The third-order valence-corrected chi connectivity index (χ3v) is 3.36. The van der Waals surface area contributed by atoms with Crippen LogP contribution in [0.3, 0.4) is 0 Å². The molecule has 1 unspecified atom stereocenters. The van der Waals surface area contributed by atoms with E-state index >= 15 is 0 Å². The van der Waals surface area contributed by atoms with E-state index in [4.69, 9.17) is 4.74 Å². The van der Waals surface area contributed by atoms with Gasteiger partial charge in [-0.3, -0.25) is 14.9 Å². The number of carbonyl (C=O) groups is 3. The maximum Gasteiger partial charge on any atom is 0.417 e. The van der Waals surface area contributed by atoms with Gasteiger partial charge in [0, 0.05) is 11.3 Å². The molecule has 0 saturated carbocycles. The van der Waals surface area contributed by atoms with Crippen molar-refractivity contribution in [2.45, 2.75) is 12.8 Å². The molecular formula is C18H16FNO5. The third-order valence-electron chi connectivity index (χ3n) is 3.36. The quantitative estimate of drug-likeness (QED) is 0.664. The Labute approximate surface area is 143 Å². The van der Waals surface area contributed by atoms with Crippen molar-refractivity contribution in [3.05, 3.63) is 59.9 Å². The summed E-state index contributed by atoms with van der Waals surface area (Å²) in [7, 11) is 1.12. The molecule has 2 aromatic carbocycles. The molecule has 0 saturated heterocycles. The normalized spacial score (nSPS) is 11.3. The molecule has 0 aliphatic rings. The van der Waals surface area contributed by atoms with Crippen LogP contribution in [0.1, 0.15) is 18.4 Å². The maximum absolute atomic E-state index is 14.3. The minimum Gasteiger partial charge on any atom is -0.468 e. The molecule has 1 amide bonds. The van der Waals surface area contributed by atoms with E-state index in [0.29, 0.717) is 5.75 Å². The van der Waals surface area contributed by atoms with Crippen LogP contribution >= 0.6 is 0 Å². The first kappa shape index (κ1) is 18.1. The number of halogens is 1. The second-order valence-corrected chi connectivity index (χ2v) is 5.13. The van der Waals surface area contributed by atoms with Gasteiger partial charge in [-0.05, 0) is 31.2 Å². The van der Waals surface area contributed by atoms with Crippen molar-refractivity contribution in [2.24, 2.45) is 0 Å². The summed E-state index contributed by atoms with van der Waals surface area (Å²) < 4.78 is 23.8. The van der Waals surface area contributed by atoms with Gasteiger partial charge >= 0.3 is 12.1 Å². The van der Waals surface area contributed by atoms with E-state index in [-0.39, 0.29) is 11.3 Å². The van der Waals surface area contributed by atoms with E-state index in [0.717, 1.165) is 13.2 Å². The number of amides is 1. The van der Waals surface area contributed by atoms with Crippen molar-refractivity contribution >= 4 is 23.5 Å². The third kappa shape index (κ3) is 4.63. The van der Waals surface area contributed by atoms with Crippen molar-refractivity contribution in [1.29, 1.82) is 0 Å². The molecular weight excluding hydrogens is 329 g/mol. The van der Waals surface area contributed by atoms with Crippen molar-refractivity contribution in [3.63, 3.8) is 0 Å². The zero-order valence-electron chi connectivity index (χ0n) is 13.6. The Morgan fingerprint density at radius 1 is 1.08 bits per heavy atom. The van der Waals surface area contributed by atoms with Gasteiger partial charge in [0.25, 0.3) is 0 Å². The summed E-state index contributed by atoms with van der Waals surface area (Å²) in [5.41, 5.74) is -0.00400. The van der Waals surface area contributed by atoms with Gasteiger partial charge in [0.05, 0.1) is 7.11 Å². The van der Waals surface area contributed by atoms with Crippen LogP contribution < -0.4 is 10.1 Å². The molecule has 0 aliphatic heterocycles. The summed E-state index contributed by atoms with van der Waals surface area (Å²) in [6.45, 7) is 1.17. The van der Waals surface area contributed by atoms with Crippen LogP contribution in [0.15, 0.2) is 48.5 Å². The van der Waals surface area contributed by atoms with Crippen LogP contribution in [0.2, 0.25) is 0 Å². The van der Waals surface area contributed by atoms with Gasteiger partial charge in [0.15, 0.2) is 0 Å². The van der Waals surface area contributed by atoms with E-state index in [1.165, 1.54) is 19.1 Å². The first-order valence-corrected chi connectivity index (χ1v) is 7.34. The summed E-state index contributed by atoms with van der Waals surface area (Å²) in [6, 6.07) is 12.0. The highest BCUT2D eigenvalue weighted by atomic mass is 19.1. The number of anilines is 1. The molecule has 0 bridgehead atoms. The highest BCUT2D eigenvalue weighted by molar-refractivity contribution is 6.03. The number of hydrogen-bond donors (Lipinski definition) is 1. The van der Waals surface area contributed by atoms with Gasteiger partial charge in [-0.1, -0.05) is 24.3 Å². The van der Waals surface area contributed by atoms with Crippen LogP contribution in [0.4, 0.5) is 14.9 Å². The van der Waals surface area contributed by atoms with E-state index in [9.17, 15) is 18.8 Å². The van der Waals surface area contributed by atoms with E-state index in [1.54, 1.807) is 30.3 Å². The Morgan fingerprint density at radius 2 is 1.76 bits per heavy atom. The number of methoxy groups -OCH3 is 1. The zero-order valence-corrected chi connectivity index (χ0v) is 13.6. The van der Waals surface area contributed by atoms with Gasteiger partial charge in [-0.15, -0.1) is 0 Å². The molecule has 25 heavy (non-hydrogen) atoms. The number of esters is 1. The minimum atomic E-state index is -1.35. The molecule has 0 aromatic heterocycles. The van der Waals surface area contributed by atoms with Crippen molar-refractivity contribution < 1.29 is 28.2 Å². The maximum atomic E-state index is 14.3. The molecule has 2 rings (SSSR count). The molecule has 1 N–H and O–H groups in total. The number of nitrogens with one attached hydrogen (secondary N) is 1. The lowest BCUT2D eigenvalue weighted by atomic mass is 9.95. The fourth-order valence-electron chi connectivity index (χ4n) is 2.21. The number of ether oxygens (including phenoxy) is 2. The summed E-state index contributed by atoms with van der Waals surface area (Å²) in [6.07, 6.45) is -0.797. The molecule has 6 nitrogen and oxygen atoms in total. The molecule has 130 valence electrons. The van der Waals surface area contributed by atoms with Gasteiger partial charge in [0.1, 0.15) is 23.3 Å². The number of carbonyl (C=O) groups excluding carboxylic acids is 3. The van der Waals surface area contributed by atoms with Gasteiger partial charge in [-0.25, -0.2) is 9.18 Å². The Hall–Kier alpha value is -3.22. The fourth-order valence-corrected chi connectivity index (χ4v) is 2.21. The predicted octanol–water partition coefficient (Wildman–Crippen LogP) is 3.28. The Bertz CT molecular complexity index is 791. The molecule has 0 aliphatic carbocycles. The van der Waals surface area contributed by atoms with Crippen molar-refractivity contribution in [1.82, 2.24) is 0 Å². The van der Waals surface area contributed by atoms with E-state index < -0.39 is 29.6 Å². The Kier molecular flexibility index (Phi) is 5.84. The number of ketones is 1. The highest BCUT2D eigenvalue weighted by Gasteiger charge is 2.29. The van der Waals surface area contributed by atoms with Crippen LogP contribution in [-0.2, 0) is 14.3 Å². The first-order valence-electron chi connectivity index (χ1n) is 7.34. The summed E-state index contributed by atoms with van der Waals surface area (Å²) in [5.74, 6) is -3.23. The lowest BCUT2D eigenvalue weighted by Crippen LogP contribution is -2.22. The molecule has 0 radical (unpaired) electrons. The van der Waals surface area contributed by atoms with Gasteiger partial charge in [-0.2, -0.15) is 0 Å². The number of benzene rings is 2. The van der Waals surface area contributed by atoms with Crippen LogP contribution in [0, 0.1) is 5.82 Å². The van der Waals surface area contributed by atoms with Gasteiger partial charge in [0.2, 0.25) is 0 Å². The first-order chi connectivity index (χ1) is 11.9. The fraction of sp³-hybridized carbons (Fsp3) is 0.167. The molecule has 2 aromatic rings. The van der Waals surface area contributed by atoms with Crippen LogP contribution in [0.5, 0.6) is 5.75 Å². The second-order valence-electron chi connectivity index (χ2n) is 5.13. The zero-order chi connectivity index (χ0) is 18.4. The minimum absolute atomic E-state index is 0.120. The summed E-state index contributed by atoms with van der Waals surface area (Å²) >= 11 is 0. The largest absolute Gasteiger partial charge is 0.468 e.